The molecule has 0 saturated carbocycles. The summed E-state index contributed by atoms with van der Waals surface area (Å²) in [6, 6.07) is 8.23. The number of likely N-dealkylation sites (N-methyl/N-ethyl adjacent to an activating group) is 1. The number of amides is 1. The van der Waals surface area contributed by atoms with Crippen molar-refractivity contribution in [3.8, 4) is 0 Å². The number of rotatable bonds is 4. The van der Waals surface area contributed by atoms with Gasteiger partial charge in [-0.05, 0) is 24.6 Å². The van der Waals surface area contributed by atoms with Gasteiger partial charge in [0.2, 0.25) is 11.7 Å². The SMILES string of the molecule is CN(c1ncccc1[N+](=O)[O-])[C@H]1CCN(c2ccccc2F)C1=O. The molecule has 1 atom stereocenters. The molecule has 0 bridgehead atoms. The Labute approximate surface area is 137 Å². The summed E-state index contributed by atoms with van der Waals surface area (Å²) in [7, 11) is 1.59. The number of carbonyl (C=O) groups is 1. The number of benzene rings is 1. The first-order valence-corrected chi connectivity index (χ1v) is 7.39. The molecule has 1 saturated heterocycles. The van der Waals surface area contributed by atoms with Gasteiger partial charge in [0, 0.05) is 25.9 Å². The monoisotopic (exact) mass is 330 g/mol. The normalized spacial score (nSPS) is 17.2. The Bertz CT molecular complexity index is 798. The highest BCUT2D eigenvalue weighted by atomic mass is 19.1. The second kappa shape index (κ2) is 6.23. The number of aromatic nitrogens is 1. The Morgan fingerprint density at radius 3 is 2.79 bits per heavy atom. The second-order valence-corrected chi connectivity index (χ2v) is 5.46. The fraction of sp³-hybridized carbons (Fsp3) is 0.250. The van der Waals surface area contributed by atoms with E-state index in [1.54, 1.807) is 25.2 Å². The van der Waals surface area contributed by atoms with E-state index in [-0.39, 0.29) is 23.1 Å². The average molecular weight is 330 g/mol. The molecule has 7 nitrogen and oxygen atoms in total. The third-order valence-corrected chi connectivity index (χ3v) is 4.08. The lowest BCUT2D eigenvalue weighted by molar-refractivity contribution is -0.384. The Kier molecular flexibility index (Phi) is 4.11. The highest BCUT2D eigenvalue weighted by Crippen LogP contribution is 2.31. The maximum absolute atomic E-state index is 13.9. The molecule has 2 aromatic rings. The molecule has 0 spiro atoms. The van der Waals surface area contributed by atoms with Crippen LogP contribution in [0.2, 0.25) is 0 Å². The summed E-state index contributed by atoms with van der Waals surface area (Å²) in [5.74, 6) is -0.656. The smallest absolute Gasteiger partial charge is 0.311 e. The predicted molar refractivity (Wildman–Crippen MR) is 86.5 cm³/mol. The largest absolute Gasteiger partial charge is 0.342 e. The van der Waals surface area contributed by atoms with Crippen molar-refractivity contribution in [2.45, 2.75) is 12.5 Å². The molecule has 1 amide bonds. The topological polar surface area (TPSA) is 79.6 Å². The summed E-state index contributed by atoms with van der Waals surface area (Å²) in [6.07, 6.45) is 1.87. The number of nitrogens with zero attached hydrogens (tertiary/aromatic N) is 4. The first-order valence-electron chi connectivity index (χ1n) is 7.39. The molecule has 0 N–H and O–H groups in total. The van der Waals surface area contributed by atoms with Gasteiger partial charge in [0.15, 0.2) is 0 Å². The maximum Gasteiger partial charge on any atom is 0.311 e. The van der Waals surface area contributed by atoms with E-state index in [1.165, 1.54) is 34.2 Å². The third-order valence-electron chi connectivity index (χ3n) is 4.08. The summed E-state index contributed by atoms with van der Waals surface area (Å²) in [5.41, 5.74) is 0.0473. The van der Waals surface area contributed by atoms with Gasteiger partial charge >= 0.3 is 5.69 Å². The number of para-hydroxylation sites is 1. The van der Waals surface area contributed by atoms with E-state index < -0.39 is 16.8 Å². The van der Waals surface area contributed by atoms with Gasteiger partial charge < -0.3 is 9.80 Å². The van der Waals surface area contributed by atoms with E-state index >= 15 is 0 Å². The zero-order valence-corrected chi connectivity index (χ0v) is 12.9. The second-order valence-electron chi connectivity index (χ2n) is 5.46. The fourth-order valence-electron chi connectivity index (χ4n) is 2.88. The Hall–Kier alpha value is -3.03. The minimum absolute atomic E-state index is 0.122. The van der Waals surface area contributed by atoms with Crippen molar-refractivity contribution < 1.29 is 14.1 Å². The lowest BCUT2D eigenvalue weighted by Gasteiger charge is -2.24. The molecule has 0 radical (unpaired) electrons. The molecular formula is C16H15FN4O3. The van der Waals surface area contributed by atoms with Crippen LogP contribution >= 0.6 is 0 Å². The van der Waals surface area contributed by atoms with E-state index in [0.717, 1.165) is 0 Å². The highest BCUT2D eigenvalue weighted by molar-refractivity contribution is 6.01. The quantitative estimate of drug-likeness (QED) is 0.635. The summed E-state index contributed by atoms with van der Waals surface area (Å²) >= 11 is 0. The molecule has 24 heavy (non-hydrogen) atoms. The van der Waals surface area contributed by atoms with Crippen LogP contribution < -0.4 is 9.80 Å². The van der Waals surface area contributed by atoms with E-state index in [9.17, 15) is 19.3 Å². The molecule has 1 fully saturated rings. The zero-order chi connectivity index (χ0) is 17.3. The van der Waals surface area contributed by atoms with Crippen LogP contribution in [0, 0.1) is 15.9 Å². The highest BCUT2D eigenvalue weighted by Gasteiger charge is 2.38. The molecule has 1 aliphatic heterocycles. The summed E-state index contributed by atoms with van der Waals surface area (Å²) < 4.78 is 13.9. The van der Waals surface area contributed by atoms with Crippen LogP contribution in [0.15, 0.2) is 42.6 Å². The molecule has 2 heterocycles. The lowest BCUT2D eigenvalue weighted by atomic mass is 10.2. The summed E-state index contributed by atoms with van der Waals surface area (Å²) in [6.45, 7) is 0.343. The molecule has 0 unspecified atom stereocenters. The van der Waals surface area contributed by atoms with Crippen LogP contribution in [-0.2, 0) is 4.79 Å². The number of carbonyl (C=O) groups excluding carboxylic acids is 1. The number of halogens is 1. The molecule has 0 aliphatic carbocycles. The van der Waals surface area contributed by atoms with Crippen molar-refractivity contribution in [1.29, 1.82) is 0 Å². The molecule has 1 aromatic heterocycles. The molecule has 124 valence electrons. The fourth-order valence-corrected chi connectivity index (χ4v) is 2.88. The van der Waals surface area contributed by atoms with E-state index in [0.29, 0.717) is 13.0 Å². The number of hydrogen-bond acceptors (Lipinski definition) is 5. The summed E-state index contributed by atoms with van der Waals surface area (Å²) in [4.78, 5) is 30.2. The standard InChI is InChI=1S/C16H15FN4O3/c1-19(15-13(21(23)24)7-4-9-18-15)14-8-10-20(16(14)22)12-6-3-2-5-11(12)17/h2-7,9,14H,8,10H2,1H3/t14-/m0/s1. The van der Waals surface area contributed by atoms with E-state index in [4.69, 9.17) is 0 Å². The van der Waals surface area contributed by atoms with Gasteiger partial charge in [0.05, 0.1) is 10.6 Å². The van der Waals surface area contributed by atoms with Gasteiger partial charge in [-0.1, -0.05) is 12.1 Å². The number of pyridine rings is 1. The third kappa shape index (κ3) is 2.66. The number of hydrogen-bond donors (Lipinski definition) is 0. The van der Waals surface area contributed by atoms with Crippen LogP contribution in [0.4, 0.5) is 21.6 Å². The average Bonchev–Trinajstić information content (AvgIpc) is 2.96. The minimum atomic E-state index is -0.627. The van der Waals surface area contributed by atoms with Gasteiger partial charge in [0.25, 0.3) is 0 Å². The van der Waals surface area contributed by atoms with Crippen molar-refractivity contribution in [3.63, 3.8) is 0 Å². The van der Waals surface area contributed by atoms with Gasteiger partial charge in [-0.25, -0.2) is 9.37 Å². The van der Waals surface area contributed by atoms with Crippen LogP contribution in [0.5, 0.6) is 0 Å². The van der Waals surface area contributed by atoms with Crippen molar-refractivity contribution in [1.82, 2.24) is 4.98 Å². The lowest BCUT2D eigenvalue weighted by Crippen LogP contribution is -2.40. The van der Waals surface area contributed by atoms with Gasteiger partial charge in [-0.2, -0.15) is 0 Å². The van der Waals surface area contributed by atoms with Crippen molar-refractivity contribution in [2.24, 2.45) is 0 Å². The van der Waals surface area contributed by atoms with Crippen molar-refractivity contribution in [3.05, 3.63) is 58.5 Å². The zero-order valence-electron chi connectivity index (χ0n) is 12.9. The molecule has 1 aliphatic rings. The van der Waals surface area contributed by atoms with Gasteiger partial charge in [-0.15, -0.1) is 0 Å². The molecular weight excluding hydrogens is 315 g/mol. The van der Waals surface area contributed by atoms with Crippen molar-refractivity contribution in [2.75, 3.05) is 23.4 Å². The van der Waals surface area contributed by atoms with Gasteiger partial charge in [0.1, 0.15) is 11.9 Å². The molecule has 1 aromatic carbocycles. The number of nitro groups is 1. The van der Waals surface area contributed by atoms with Crippen LogP contribution in [0.25, 0.3) is 0 Å². The van der Waals surface area contributed by atoms with E-state index in [2.05, 4.69) is 4.98 Å². The first-order chi connectivity index (χ1) is 11.5. The molecule has 3 rings (SSSR count). The minimum Gasteiger partial charge on any atom is -0.342 e. The van der Waals surface area contributed by atoms with Crippen LogP contribution in [0.1, 0.15) is 6.42 Å². The van der Waals surface area contributed by atoms with Gasteiger partial charge in [-0.3, -0.25) is 14.9 Å². The Balaban J connectivity index is 1.88. The molecule has 8 heteroatoms. The van der Waals surface area contributed by atoms with E-state index in [1.807, 2.05) is 0 Å². The Morgan fingerprint density at radius 1 is 1.33 bits per heavy atom. The number of anilines is 2. The Morgan fingerprint density at radius 2 is 2.08 bits per heavy atom. The maximum atomic E-state index is 13.9. The van der Waals surface area contributed by atoms with Crippen LogP contribution in [0.3, 0.4) is 0 Å². The van der Waals surface area contributed by atoms with Crippen LogP contribution in [-0.4, -0.2) is 35.4 Å². The summed E-state index contributed by atoms with van der Waals surface area (Å²) in [5, 5.41) is 11.1. The first kappa shape index (κ1) is 15.9. The van der Waals surface area contributed by atoms with Crippen molar-refractivity contribution >= 4 is 23.1 Å². The predicted octanol–water partition coefficient (Wildman–Crippen LogP) is 2.37.